The first-order chi connectivity index (χ1) is 8.31. The number of amides is 1. The van der Waals surface area contributed by atoms with Gasteiger partial charge in [0.2, 0.25) is 0 Å². The van der Waals surface area contributed by atoms with Gasteiger partial charge in [-0.3, -0.25) is 4.90 Å². The summed E-state index contributed by atoms with van der Waals surface area (Å²) in [5, 5.41) is 0. The number of fused-ring (bicyclic) bond motifs is 1. The van der Waals surface area contributed by atoms with Crippen LogP contribution in [0.1, 0.15) is 46.1 Å². The van der Waals surface area contributed by atoms with E-state index in [0.717, 1.165) is 5.69 Å². The van der Waals surface area contributed by atoms with Crippen molar-refractivity contribution in [1.82, 2.24) is 0 Å². The van der Waals surface area contributed by atoms with Crippen LogP contribution < -0.4 is 4.90 Å². The summed E-state index contributed by atoms with van der Waals surface area (Å²) in [5.41, 5.74) is 1.74. The van der Waals surface area contributed by atoms with Gasteiger partial charge in [0.25, 0.3) is 0 Å². The van der Waals surface area contributed by atoms with Crippen molar-refractivity contribution >= 4 is 11.8 Å². The number of nitrogens with zero attached hydrogens (tertiary/aromatic N) is 1. The monoisotopic (exact) mass is 247 g/mol. The summed E-state index contributed by atoms with van der Waals surface area (Å²) in [6.45, 7) is 9.88. The molecule has 1 aliphatic rings. The van der Waals surface area contributed by atoms with Crippen molar-refractivity contribution in [3.63, 3.8) is 0 Å². The first-order valence-electron chi connectivity index (χ1n) is 6.42. The standard InChI is InChI=1S/C15H21NO2/c1-10-11(2)16(14(17)18-15(3,4)5)13-9-7-6-8-12(10)13/h6-11H,1-5H3. The van der Waals surface area contributed by atoms with Crippen LogP contribution in [0.2, 0.25) is 0 Å². The van der Waals surface area contributed by atoms with Crippen LogP contribution >= 0.6 is 0 Å². The molecule has 18 heavy (non-hydrogen) atoms. The number of ether oxygens (including phenoxy) is 1. The Morgan fingerprint density at radius 2 is 1.83 bits per heavy atom. The van der Waals surface area contributed by atoms with E-state index < -0.39 is 5.60 Å². The van der Waals surface area contributed by atoms with Crippen LogP contribution in [0.3, 0.4) is 0 Å². The number of carbonyl (C=O) groups is 1. The summed E-state index contributed by atoms with van der Waals surface area (Å²) in [6, 6.07) is 8.18. The van der Waals surface area contributed by atoms with Crippen LogP contribution in [0, 0.1) is 0 Å². The molecule has 1 heterocycles. The van der Waals surface area contributed by atoms with Crippen LogP contribution in [0.25, 0.3) is 0 Å². The van der Waals surface area contributed by atoms with E-state index in [9.17, 15) is 4.79 Å². The highest BCUT2D eigenvalue weighted by molar-refractivity contribution is 5.91. The average Bonchev–Trinajstić information content (AvgIpc) is 2.50. The highest BCUT2D eigenvalue weighted by Crippen LogP contribution is 2.40. The second-order valence-electron chi connectivity index (χ2n) is 5.94. The number of rotatable bonds is 0. The second kappa shape index (κ2) is 4.30. The first-order valence-corrected chi connectivity index (χ1v) is 6.42. The lowest BCUT2D eigenvalue weighted by atomic mass is 9.99. The lowest BCUT2D eigenvalue weighted by Crippen LogP contribution is -2.40. The Morgan fingerprint density at radius 3 is 2.44 bits per heavy atom. The van der Waals surface area contributed by atoms with Gasteiger partial charge in [0.05, 0.1) is 5.69 Å². The Morgan fingerprint density at radius 1 is 1.22 bits per heavy atom. The third-order valence-electron chi connectivity index (χ3n) is 3.41. The van der Waals surface area contributed by atoms with E-state index >= 15 is 0 Å². The molecule has 0 radical (unpaired) electrons. The molecule has 1 amide bonds. The predicted molar refractivity (Wildman–Crippen MR) is 73.0 cm³/mol. The zero-order chi connectivity index (χ0) is 13.5. The van der Waals surface area contributed by atoms with Crippen LogP contribution in [-0.2, 0) is 4.74 Å². The number of para-hydroxylation sites is 1. The fraction of sp³-hybridized carbons (Fsp3) is 0.533. The molecular weight excluding hydrogens is 226 g/mol. The van der Waals surface area contributed by atoms with Crippen molar-refractivity contribution in [3.05, 3.63) is 29.8 Å². The van der Waals surface area contributed by atoms with Gasteiger partial charge < -0.3 is 4.74 Å². The van der Waals surface area contributed by atoms with Crippen molar-refractivity contribution in [2.45, 2.75) is 52.2 Å². The summed E-state index contributed by atoms with van der Waals surface area (Å²) >= 11 is 0. The Kier molecular flexibility index (Phi) is 3.09. The smallest absolute Gasteiger partial charge is 0.415 e. The number of anilines is 1. The van der Waals surface area contributed by atoms with Gasteiger partial charge in [0.1, 0.15) is 5.60 Å². The summed E-state index contributed by atoms with van der Waals surface area (Å²) in [7, 11) is 0. The molecule has 0 bridgehead atoms. The maximum atomic E-state index is 12.3. The molecule has 2 atom stereocenters. The van der Waals surface area contributed by atoms with Crippen molar-refractivity contribution < 1.29 is 9.53 Å². The molecule has 1 aliphatic heterocycles. The van der Waals surface area contributed by atoms with Gasteiger partial charge in [-0.2, -0.15) is 0 Å². The fourth-order valence-electron chi connectivity index (χ4n) is 2.37. The van der Waals surface area contributed by atoms with Crippen LogP contribution in [0.4, 0.5) is 10.5 Å². The molecule has 3 nitrogen and oxygen atoms in total. The molecule has 0 aliphatic carbocycles. The third kappa shape index (κ3) is 2.22. The Hall–Kier alpha value is -1.51. The molecule has 0 saturated carbocycles. The Bertz CT molecular complexity index is 462. The third-order valence-corrected chi connectivity index (χ3v) is 3.41. The maximum Gasteiger partial charge on any atom is 0.415 e. The maximum absolute atomic E-state index is 12.3. The minimum absolute atomic E-state index is 0.136. The molecule has 0 N–H and O–H groups in total. The van der Waals surface area contributed by atoms with Gasteiger partial charge in [-0.15, -0.1) is 0 Å². The number of hydrogen-bond acceptors (Lipinski definition) is 2. The van der Waals surface area contributed by atoms with E-state index in [0.29, 0.717) is 5.92 Å². The molecule has 98 valence electrons. The van der Waals surface area contributed by atoms with E-state index in [4.69, 9.17) is 4.74 Å². The Balaban J connectivity index is 2.32. The lowest BCUT2D eigenvalue weighted by Gasteiger charge is -2.28. The Labute approximate surface area is 109 Å². The summed E-state index contributed by atoms with van der Waals surface area (Å²) in [6.07, 6.45) is -0.258. The van der Waals surface area contributed by atoms with Crippen molar-refractivity contribution in [2.75, 3.05) is 4.90 Å². The van der Waals surface area contributed by atoms with Crippen LogP contribution in [0.5, 0.6) is 0 Å². The molecule has 3 heteroatoms. The van der Waals surface area contributed by atoms with Gasteiger partial charge in [0.15, 0.2) is 0 Å². The van der Waals surface area contributed by atoms with E-state index in [-0.39, 0.29) is 12.1 Å². The normalized spacial score (nSPS) is 22.8. The summed E-state index contributed by atoms with van der Waals surface area (Å²) < 4.78 is 5.48. The molecule has 1 aromatic rings. The van der Waals surface area contributed by atoms with Crippen LogP contribution in [0.15, 0.2) is 24.3 Å². The second-order valence-corrected chi connectivity index (χ2v) is 5.94. The molecule has 0 aromatic heterocycles. The zero-order valence-corrected chi connectivity index (χ0v) is 11.7. The zero-order valence-electron chi connectivity index (χ0n) is 11.7. The lowest BCUT2D eigenvalue weighted by molar-refractivity contribution is 0.0570. The van der Waals surface area contributed by atoms with Crippen molar-refractivity contribution in [1.29, 1.82) is 0 Å². The SMILES string of the molecule is CC1c2ccccc2N(C(=O)OC(C)(C)C)C1C. The van der Waals surface area contributed by atoms with Gasteiger partial charge in [0, 0.05) is 12.0 Å². The summed E-state index contributed by atoms with van der Waals surface area (Å²) in [5.74, 6) is 0.341. The fourth-order valence-corrected chi connectivity index (χ4v) is 2.37. The highest BCUT2D eigenvalue weighted by Gasteiger charge is 2.38. The van der Waals surface area contributed by atoms with E-state index in [2.05, 4.69) is 19.9 Å². The number of benzene rings is 1. The van der Waals surface area contributed by atoms with Crippen molar-refractivity contribution in [3.8, 4) is 0 Å². The molecule has 0 spiro atoms. The molecule has 1 aromatic carbocycles. The highest BCUT2D eigenvalue weighted by atomic mass is 16.6. The molecule has 2 unspecified atom stereocenters. The minimum atomic E-state index is -0.461. The molecular formula is C15H21NO2. The van der Waals surface area contributed by atoms with E-state index in [1.807, 2.05) is 39.0 Å². The van der Waals surface area contributed by atoms with Gasteiger partial charge in [-0.1, -0.05) is 25.1 Å². The average molecular weight is 247 g/mol. The van der Waals surface area contributed by atoms with Crippen molar-refractivity contribution in [2.24, 2.45) is 0 Å². The number of hydrogen-bond donors (Lipinski definition) is 0. The molecule has 2 rings (SSSR count). The van der Waals surface area contributed by atoms with Gasteiger partial charge in [-0.25, -0.2) is 4.79 Å². The quantitative estimate of drug-likeness (QED) is 0.695. The predicted octanol–water partition coefficient (Wildman–Crippen LogP) is 3.93. The van der Waals surface area contributed by atoms with E-state index in [1.165, 1.54) is 5.56 Å². The topological polar surface area (TPSA) is 29.5 Å². The van der Waals surface area contributed by atoms with Gasteiger partial charge in [-0.05, 0) is 39.3 Å². The van der Waals surface area contributed by atoms with Crippen LogP contribution in [-0.4, -0.2) is 17.7 Å². The van der Waals surface area contributed by atoms with Gasteiger partial charge >= 0.3 is 6.09 Å². The molecule has 0 fully saturated rings. The summed E-state index contributed by atoms with van der Waals surface area (Å²) in [4.78, 5) is 14.1. The molecule has 0 saturated heterocycles. The van der Waals surface area contributed by atoms with E-state index in [1.54, 1.807) is 4.90 Å². The minimum Gasteiger partial charge on any atom is -0.443 e. The number of carbonyl (C=O) groups excluding carboxylic acids is 1. The largest absolute Gasteiger partial charge is 0.443 e. The first kappa shape index (κ1) is 12.9.